The fourth-order valence-electron chi connectivity index (χ4n) is 8.65. The number of aryl methyl sites for hydroxylation is 2. The van der Waals surface area contributed by atoms with E-state index in [0.717, 1.165) is 66.5 Å². The van der Waals surface area contributed by atoms with Crippen molar-refractivity contribution in [2.24, 2.45) is 0 Å². The molecule has 0 fully saturated rings. The average molecular weight is 715 g/mol. The maximum absolute atomic E-state index is 10.2. The lowest BCUT2D eigenvalue weighted by Gasteiger charge is -2.18. The zero-order valence-electron chi connectivity index (χ0n) is 31.0. The zero-order valence-corrected chi connectivity index (χ0v) is 31.0. The van der Waals surface area contributed by atoms with E-state index >= 15 is 0 Å². The maximum atomic E-state index is 10.2. The van der Waals surface area contributed by atoms with Crippen LogP contribution in [0.25, 0.3) is 88.4 Å². The molecule has 56 heavy (non-hydrogen) atoms. The van der Waals surface area contributed by atoms with Crippen molar-refractivity contribution in [1.82, 2.24) is 9.13 Å². The Kier molecular flexibility index (Phi) is 7.66. The Labute approximate surface area is 325 Å². The Morgan fingerprint density at radius 1 is 0.393 bits per heavy atom. The largest absolute Gasteiger partial charge is 0.309 e. The van der Waals surface area contributed by atoms with E-state index in [1.807, 2.05) is 12.1 Å². The monoisotopic (exact) mass is 714 g/mol. The van der Waals surface area contributed by atoms with Crippen molar-refractivity contribution < 1.29 is 0 Å². The van der Waals surface area contributed by atoms with Gasteiger partial charge >= 0.3 is 0 Å². The molecule has 0 aliphatic carbocycles. The second kappa shape index (κ2) is 13.0. The second-order valence-electron chi connectivity index (χ2n) is 14.5. The van der Waals surface area contributed by atoms with Gasteiger partial charge in [0.1, 0.15) is 12.1 Å². The minimum absolute atomic E-state index is 0.358. The summed E-state index contributed by atoms with van der Waals surface area (Å²) in [5.41, 5.74) is 16.1. The smallest absolute Gasteiger partial charge is 0.101 e. The van der Waals surface area contributed by atoms with E-state index in [4.69, 9.17) is 0 Å². The molecule has 10 rings (SSSR count). The first kappa shape index (κ1) is 32.9. The summed E-state index contributed by atoms with van der Waals surface area (Å²) in [7, 11) is 0. The molecule has 0 aliphatic rings. The van der Waals surface area contributed by atoms with Crippen molar-refractivity contribution in [3.63, 3.8) is 0 Å². The minimum atomic E-state index is 0.358. The van der Waals surface area contributed by atoms with Crippen LogP contribution in [0.2, 0.25) is 0 Å². The molecule has 4 heteroatoms. The number of hydrogen-bond donors (Lipinski definition) is 0. The van der Waals surface area contributed by atoms with Gasteiger partial charge in [0.15, 0.2) is 0 Å². The van der Waals surface area contributed by atoms with Crippen LogP contribution in [-0.2, 0) is 0 Å². The zero-order chi connectivity index (χ0) is 37.9. The Hall–Kier alpha value is -7.66. The van der Waals surface area contributed by atoms with Crippen LogP contribution in [-0.4, -0.2) is 9.13 Å². The van der Waals surface area contributed by atoms with Gasteiger partial charge in [-0.15, -0.1) is 0 Å². The number of nitrogens with zero attached hydrogens (tertiary/aromatic N) is 4. The van der Waals surface area contributed by atoms with Crippen LogP contribution < -0.4 is 0 Å². The van der Waals surface area contributed by atoms with Crippen LogP contribution in [0.1, 0.15) is 22.3 Å². The topological polar surface area (TPSA) is 57.4 Å². The van der Waals surface area contributed by atoms with E-state index in [0.29, 0.717) is 11.1 Å². The van der Waals surface area contributed by atoms with Gasteiger partial charge in [0.25, 0.3) is 0 Å². The second-order valence-corrected chi connectivity index (χ2v) is 14.5. The lowest BCUT2D eigenvalue weighted by Crippen LogP contribution is -2.02. The molecule has 0 N–H and O–H groups in total. The number of para-hydroxylation sites is 2. The Morgan fingerprint density at radius 2 is 0.946 bits per heavy atom. The predicted octanol–water partition coefficient (Wildman–Crippen LogP) is 13.2. The third-order valence-corrected chi connectivity index (χ3v) is 11.2. The minimum Gasteiger partial charge on any atom is -0.309 e. The van der Waals surface area contributed by atoms with Crippen molar-refractivity contribution in [2.45, 2.75) is 13.8 Å². The number of fused-ring (bicyclic) bond motifs is 6. The van der Waals surface area contributed by atoms with Crippen molar-refractivity contribution in [3.05, 3.63) is 192 Å². The quantitative estimate of drug-likeness (QED) is 0.178. The Balaban J connectivity index is 1.35. The fraction of sp³-hybridized carbons (Fsp3) is 0.0385. The third kappa shape index (κ3) is 5.12. The van der Waals surface area contributed by atoms with Gasteiger partial charge in [0, 0.05) is 32.8 Å². The van der Waals surface area contributed by atoms with Crippen molar-refractivity contribution in [2.75, 3.05) is 0 Å². The molecule has 0 bridgehead atoms. The molecule has 0 amide bonds. The van der Waals surface area contributed by atoms with Crippen molar-refractivity contribution in [3.8, 4) is 56.9 Å². The molecule has 10 aromatic rings. The summed E-state index contributed by atoms with van der Waals surface area (Å²) in [6.45, 7) is 4.33. The molecule has 2 heterocycles. The Bertz CT molecular complexity index is 3160. The van der Waals surface area contributed by atoms with Gasteiger partial charge in [0.05, 0.1) is 38.9 Å². The van der Waals surface area contributed by atoms with E-state index in [1.165, 1.54) is 33.0 Å². The lowest BCUT2D eigenvalue weighted by molar-refractivity contribution is 1.12. The Morgan fingerprint density at radius 3 is 1.55 bits per heavy atom. The summed E-state index contributed by atoms with van der Waals surface area (Å²) < 4.78 is 4.78. The first-order valence-corrected chi connectivity index (χ1v) is 18.8. The van der Waals surface area contributed by atoms with Gasteiger partial charge in [0.2, 0.25) is 0 Å². The number of hydrogen-bond acceptors (Lipinski definition) is 2. The van der Waals surface area contributed by atoms with Gasteiger partial charge in [-0.25, -0.2) is 0 Å². The van der Waals surface area contributed by atoms with Crippen molar-refractivity contribution >= 4 is 43.6 Å². The van der Waals surface area contributed by atoms with E-state index in [1.54, 1.807) is 6.07 Å². The van der Waals surface area contributed by atoms with E-state index in [-0.39, 0.29) is 0 Å². The van der Waals surface area contributed by atoms with Gasteiger partial charge in [-0.1, -0.05) is 115 Å². The summed E-state index contributed by atoms with van der Waals surface area (Å²) in [5.74, 6) is 0. The number of nitriles is 2. The molecule has 0 aliphatic heterocycles. The van der Waals surface area contributed by atoms with Gasteiger partial charge in [-0.3, -0.25) is 0 Å². The number of benzene rings is 8. The van der Waals surface area contributed by atoms with Crippen LogP contribution >= 0.6 is 0 Å². The molecule has 4 nitrogen and oxygen atoms in total. The van der Waals surface area contributed by atoms with Crippen LogP contribution in [0.4, 0.5) is 0 Å². The number of rotatable bonds is 5. The molecule has 0 saturated heterocycles. The molecule has 0 saturated carbocycles. The molecule has 0 atom stereocenters. The molecular formula is C52H34N4. The summed E-state index contributed by atoms with van der Waals surface area (Å²) >= 11 is 0. The highest BCUT2D eigenvalue weighted by molar-refractivity contribution is 6.16. The molecule has 262 valence electrons. The summed E-state index contributed by atoms with van der Waals surface area (Å²) in [4.78, 5) is 0. The van der Waals surface area contributed by atoms with Crippen LogP contribution in [0.15, 0.2) is 170 Å². The molecule has 0 spiro atoms. The van der Waals surface area contributed by atoms with Crippen LogP contribution in [0.5, 0.6) is 0 Å². The molecule has 0 unspecified atom stereocenters. The summed E-state index contributed by atoms with van der Waals surface area (Å²) in [6, 6.07) is 64.4. The molecule has 0 radical (unpaired) electrons. The van der Waals surface area contributed by atoms with E-state index < -0.39 is 0 Å². The van der Waals surface area contributed by atoms with Gasteiger partial charge in [-0.2, -0.15) is 10.5 Å². The highest BCUT2D eigenvalue weighted by Gasteiger charge is 2.23. The predicted molar refractivity (Wildman–Crippen MR) is 230 cm³/mol. The molecular weight excluding hydrogens is 681 g/mol. The average Bonchev–Trinajstić information content (AvgIpc) is 3.75. The molecule has 8 aromatic carbocycles. The van der Waals surface area contributed by atoms with Crippen molar-refractivity contribution in [1.29, 1.82) is 10.5 Å². The van der Waals surface area contributed by atoms with E-state index in [9.17, 15) is 10.5 Å². The lowest BCUT2D eigenvalue weighted by atomic mass is 9.97. The summed E-state index contributed by atoms with van der Waals surface area (Å²) in [5, 5.41) is 24.7. The van der Waals surface area contributed by atoms with Gasteiger partial charge < -0.3 is 9.13 Å². The van der Waals surface area contributed by atoms with Crippen LogP contribution in [0.3, 0.4) is 0 Å². The number of aromatic nitrogens is 2. The fourth-order valence-corrected chi connectivity index (χ4v) is 8.65. The van der Waals surface area contributed by atoms with E-state index in [2.05, 4.69) is 187 Å². The van der Waals surface area contributed by atoms with Crippen LogP contribution in [0, 0.1) is 36.5 Å². The first-order chi connectivity index (χ1) is 27.5. The highest BCUT2D eigenvalue weighted by atomic mass is 15.0. The normalized spacial score (nSPS) is 11.4. The SMILES string of the molecule is Cc1cccc(C)c1-n1c2ccccc2c2cc(-n3c4ccc(-c5ccccc5)cc4c4cc(-c5ccccc5)ccc43)cc(-c3ccc(C#N)c(C#N)c3)c21. The standard InChI is InChI=1S/C52H34N4/c1-33-12-11-13-34(2)51(33)56-48-19-10-9-18-43(48)47-30-42(29-44(52(47)56)39-20-21-40(31-53)41(26-39)32-54)55-49-24-22-37(35-14-5-3-6-15-35)27-45(49)46-28-38(23-25-50(46)55)36-16-7-4-8-17-36/h3-30H,1-2H3. The third-order valence-electron chi connectivity index (χ3n) is 11.2. The summed E-state index contributed by atoms with van der Waals surface area (Å²) in [6.07, 6.45) is 0. The highest BCUT2D eigenvalue weighted by Crippen LogP contribution is 2.44. The maximum Gasteiger partial charge on any atom is 0.101 e. The molecule has 2 aromatic heterocycles. The first-order valence-electron chi connectivity index (χ1n) is 18.8. The van der Waals surface area contributed by atoms with Gasteiger partial charge in [-0.05, 0) is 107 Å².